The molecular weight excluding hydrogens is 294 g/mol. The maximum absolute atomic E-state index is 11.9. The number of carboxylic acid groups (broad SMARTS) is 1. The van der Waals surface area contributed by atoms with Gasteiger partial charge in [-0.25, -0.2) is 21.6 Å². The van der Waals surface area contributed by atoms with Gasteiger partial charge in [0, 0.05) is 25.6 Å². The van der Waals surface area contributed by atoms with Gasteiger partial charge in [0.15, 0.2) is 23.8 Å². The summed E-state index contributed by atoms with van der Waals surface area (Å²) in [6.45, 7) is 1.53. The molecule has 1 aliphatic heterocycles. The van der Waals surface area contributed by atoms with Gasteiger partial charge in [-0.05, 0) is 25.7 Å². The van der Waals surface area contributed by atoms with Crippen molar-refractivity contribution in [1.82, 2.24) is 4.90 Å². The van der Waals surface area contributed by atoms with Crippen molar-refractivity contribution in [1.29, 1.82) is 0 Å². The van der Waals surface area contributed by atoms with Crippen molar-refractivity contribution in [3.05, 3.63) is 0 Å². The molecule has 1 heterocycles. The molecule has 1 saturated heterocycles. The van der Waals surface area contributed by atoms with E-state index in [2.05, 4.69) is 0 Å². The van der Waals surface area contributed by atoms with Gasteiger partial charge in [-0.1, -0.05) is 0 Å². The fourth-order valence-electron chi connectivity index (χ4n) is 2.48. The van der Waals surface area contributed by atoms with Crippen LogP contribution in [0.1, 0.15) is 19.8 Å². The highest BCUT2D eigenvalue weighted by Crippen LogP contribution is 2.38. The average molecular weight is 313 g/mol. The quantitative estimate of drug-likeness (QED) is 0.796. The Morgan fingerprint density at radius 2 is 1.47 bits per heavy atom. The highest BCUT2D eigenvalue weighted by Gasteiger charge is 2.52. The maximum Gasteiger partial charge on any atom is 0.407 e. The second-order valence-corrected chi connectivity index (χ2v) is 10.1. The summed E-state index contributed by atoms with van der Waals surface area (Å²) >= 11 is 0. The minimum Gasteiger partial charge on any atom is -0.465 e. The van der Waals surface area contributed by atoms with Gasteiger partial charge < -0.3 is 10.0 Å². The van der Waals surface area contributed by atoms with Crippen molar-refractivity contribution in [2.24, 2.45) is 5.92 Å². The molecular formula is C10H19NO6S2. The van der Waals surface area contributed by atoms with Crippen molar-refractivity contribution >= 4 is 25.8 Å². The first-order chi connectivity index (χ1) is 8.41. The minimum absolute atomic E-state index is 0.153. The van der Waals surface area contributed by atoms with Crippen LogP contribution in [0.25, 0.3) is 0 Å². The number of hydrogen-bond acceptors (Lipinski definition) is 5. The topological polar surface area (TPSA) is 109 Å². The molecule has 0 spiro atoms. The number of piperidine rings is 1. The van der Waals surface area contributed by atoms with E-state index in [0.29, 0.717) is 0 Å². The van der Waals surface area contributed by atoms with Crippen molar-refractivity contribution in [2.75, 3.05) is 25.6 Å². The second-order valence-electron chi connectivity index (χ2n) is 5.10. The fourth-order valence-corrected chi connectivity index (χ4v) is 6.36. The lowest BCUT2D eigenvalue weighted by molar-refractivity contribution is 0.122. The largest absolute Gasteiger partial charge is 0.465 e. The highest BCUT2D eigenvalue weighted by atomic mass is 32.3. The maximum atomic E-state index is 11.9. The number of sulfone groups is 2. The second kappa shape index (κ2) is 4.93. The molecule has 1 aliphatic rings. The van der Waals surface area contributed by atoms with E-state index < -0.39 is 35.8 Å². The third kappa shape index (κ3) is 2.86. The summed E-state index contributed by atoms with van der Waals surface area (Å²) in [6.07, 6.45) is 1.21. The third-order valence-corrected chi connectivity index (χ3v) is 9.41. The summed E-state index contributed by atoms with van der Waals surface area (Å²) < 4.78 is 45.8. The molecule has 0 aliphatic carbocycles. The molecule has 1 N–H and O–H groups in total. The molecule has 0 aromatic carbocycles. The summed E-state index contributed by atoms with van der Waals surface area (Å²) in [5.74, 6) is -0.590. The molecule has 1 amide bonds. The van der Waals surface area contributed by atoms with E-state index in [-0.39, 0.29) is 25.9 Å². The number of rotatable bonds is 3. The van der Waals surface area contributed by atoms with E-state index >= 15 is 0 Å². The minimum atomic E-state index is -3.81. The summed E-state index contributed by atoms with van der Waals surface area (Å²) in [5, 5.41) is 8.84. The summed E-state index contributed by atoms with van der Waals surface area (Å²) in [4.78, 5) is 12.0. The van der Waals surface area contributed by atoms with Gasteiger partial charge >= 0.3 is 6.09 Å². The van der Waals surface area contributed by atoms with E-state index in [1.807, 2.05) is 0 Å². The van der Waals surface area contributed by atoms with Crippen LogP contribution in [0.4, 0.5) is 4.79 Å². The standard InChI is InChI=1S/C10H19NO6S2/c1-10(18(2,14)15,19(3,16)17)8-4-6-11(7-5-8)9(12)13/h8H,4-7H2,1-3H3,(H,12,13). The molecule has 0 aromatic rings. The molecule has 9 heteroatoms. The van der Waals surface area contributed by atoms with Crippen LogP contribution in [-0.2, 0) is 19.7 Å². The van der Waals surface area contributed by atoms with Crippen molar-refractivity contribution in [3.8, 4) is 0 Å². The lowest BCUT2D eigenvalue weighted by Crippen LogP contribution is -2.53. The molecule has 0 bridgehead atoms. The number of likely N-dealkylation sites (tertiary alicyclic amines) is 1. The molecule has 0 atom stereocenters. The lowest BCUT2D eigenvalue weighted by Gasteiger charge is -2.39. The summed E-state index contributed by atoms with van der Waals surface area (Å²) in [6, 6.07) is 0. The summed E-state index contributed by atoms with van der Waals surface area (Å²) in [7, 11) is -7.63. The van der Waals surface area contributed by atoms with Gasteiger partial charge in [0.05, 0.1) is 0 Å². The summed E-state index contributed by atoms with van der Waals surface area (Å²) in [5.41, 5.74) is 0. The first-order valence-corrected chi connectivity index (χ1v) is 9.56. The van der Waals surface area contributed by atoms with Crippen LogP contribution in [0, 0.1) is 5.92 Å². The Bertz CT molecular complexity index is 525. The third-order valence-electron chi connectivity index (χ3n) is 3.98. The normalized spacial score (nSPS) is 19.4. The molecule has 19 heavy (non-hydrogen) atoms. The Morgan fingerprint density at radius 3 is 1.74 bits per heavy atom. The van der Waals surface area contributed by atoms with Gasteiger partial charge in [-0.15, -0.1) is 0 Å². The number of amides is 1. The van der Waals surface area contributed by atoms with Gasteiger partial charge in [0.25, 0.3) is 0 Å². The first-order valence-electron chi connectivity index (χ1n) is 5.78. The van der Waals surface area contributed by atoms with Crippen molar-refractivity contribution in [3.63, 3.8) is 0 Å². The monoisotopic (exact) mass is 313 g/mol. The van der Waals surface area contributed by atoms with Crippen molar-refractivity contribution in [2.45, 2.75) is 23.8 Å². The number of nitrogens with zero attached hydrogens (tertiary/aromatic N) is 1. The Labute approximate surface area is 113 Å². The van der Waals surface area contributed by atoms with Crippen LogP contribution in [0.5, 0.6) is 0 Å². The first kappa shape index (κ1) is 16.2. The van der Waals surface area contributed by atoms with Crippen LogP contribution < -0.4 is 0 Å². The Kier molecular flexibility index (Phi) is 4.21. The Hall–Kier alpha value is -0.830. The van der Waals surface area contributed by atoms with Gasteiger partial charge in [0.1, 0.15) is 0 Å². The van der Waals surface area contributed by atoms with E-state index in [1.54, 1.807) is 0 Å². The Balaban J connectivity index is 3.10. The van der Waals surface area contributed by atoms with E-state index in [0.717, 1.165) is 12.5 Å². The number of carbonyl (C=O) groups is 1. The zero-order chi connectivity index (χ0) is 15.1. The lowest BCUT2D eigenvalue weighted by atomic mass is 9.93. The molecule has 0 radical (unpaired) electrons. The number of hydrogen-bond donors (Lipinski definition) is 1. The van der Waals surface area contributed by atoms with Gasteiger partial charge in [0.2, 0.25) is 0 Å². The van der Waals surface area contributed by atoms with E-state index in [1.165, 1.54) is 11.8 Å². The molecule has 112 valence electrons. The van der Waals surface area contributed by atoms with Crippen LogP contribution in [0.15, 0.2) is 0 Å². The molecule has 1 rings (SSSR count). The smallest absolute Gasteiger partial charge is 0.407 e. The average Bonchev–Trinajstić information content (AvgIpc) is 2.25. The van der Waals surface area contributed by atoms with Gasteiger partial charge in [-0.2, -0.15) is 0 Å². The van der Waals surface area contributed by atoms with Crippen LogP contribution >= 0.6 is 0 Å². The molecule has 7 nitrogen and oxygen atoms in total. The Morgan fingerprint density at radius 1 is 1.11 bits per heavy atom. The zero-order valence-electron chi connectivity index (χ0n) is 11.2. The predicted molar refractivity (Wildman–Crippen MR) is 70.4 cm³/mol. The molecule has 0 unspecified atom stereocenters. The molecule has 0 saturated carbocycles. The van der Waals surface area contributed by atoms with Crippen LogP contribution in [0.2, 0.25) is 0 Å². The predicted octanol–water partition coefficient (Wildman–Crippen LogP) is 0.182. The highest BCUT2D eigenvalue weighted by molar-refractivity contribution is 8.09. The van der Waals surface area contributed by atoms with E-state index in [9.17, 15) is 21.6 Å². The van der Waals surface area contributed by atoms with Crippen LogP contribution in [-0.4, -0.2) is 62.6 Å². The SMILES string of the molecule is CC(C1CCN(C(=O)O)CC1)(S(C)(=O)=O)S(C)(=O)=O. The van der Waals surface area contributed by atoms with E-state index in [4.69, 9.17) is 5.11 Å². The zero-order valence-corrected chi connectivity index (χ0v) is 12.8. The van der Waals surface area contributed by atoms with Crippen LogP contribution in [0.3, 0.4) is 0 Å². The molecule has 0 aromatic heterocycles. The fraction of sp³-hybridized carbons (Fsp3) is 0.900. The van der Waals surface area contributed by atoms with Gasteiger partial charge in [-0.3, -0.25) is 0 Å². The van der Waals surface area contributed by atoms with Crippen molar-refractivity contribution < 1.29 is 26.7 Å². The molecule has 1 fully saturated rings.